The summed E-state index contributed by atoms with van der Waals surface area (Å²) in [4.78, 5) is 14.8. The molecule has 2 heterocycles. The van der Waals surface area contributed by atoms with Crippen molar-refractivity contribution < 1.29 is 4.79 Å². The molecular formula is C17H21Cl2NOS. The van der Waals surface area contributed by atoms with Crippen molar-refractivity contribution in [2.45, 2.75) is 55.9 Å². The van der Waals surface area contributed by atoms with Crippen LogP contribution in [-0.4, -0.2) is 34.4 Å². The number of carbonyl (C=O) groups excluding carboxylic acids is 1. The Hall–Kier alpha value is -0.380. The van der Waals surface area contributed by atoms with E-state index in [0.29, 0.717) is 35.0 Å². The molecule has 2 aliphatic heterocycles. The van der Waals surface area contributed by atoms with Crippen LogP contribution in [0.4, 0.5) is 0 Å². The van der Waals surface area contributed by atoms with Gasteiger partial charge < -0.3 is 4.90 Å². The molecule has 5 heteroatoms. The van der Waals surface area contributed by atoms with E-state index in [1.54, 1.807) is 0 Å². The molecule has 120 valence electrons. The van der Waals surface area contributed by atoms with E-state index >= 15 is 0 Å². The van der Waals surface area contributed by atoms with Gasteiger partial charge in [-0.25, -0.2) is 0 Å². The third-order valence-electron chi connectivity index (χ3n) is 4.96. The molecule has 22 heavy (non-hydrogen) atoms. The van der Waals surface area contributed by atoms with Crippen LogP contribution in [0.2, 0.25) is 10.0 Å². The van der Waals surface area contributed by atoms with Crippen molar-refractivity contribution in [3.8, 4) is 0 Å². The first-order valence-electron chi connectivity index (χ1n) is 7.87. The number of rotatable bonds is 4. The zero-order chi connectivity index (χ0) is 15.7. The number of fused-ring (bicyclic) bond motifs is 2. The number of halogens is 2. The molecule has 1 amide bonds. The summed E-state index contributed by atoms with van der Waals surface area (Å²) in [5.74, 6) is 0.267. The third kappa shape index (κ3) is 3.27. The second kappa shape index (κ2) is 7.02. The summed E-state index contributed by atoms with van der Waals surface area (Å²) < 4.78 is 0. The summed E-state index contributed by atoms with van der Waals surface area (Å²) in [6.45, 7) is 0. The third-order valence-corrected chi connectivity index (χ3v) is 6.72. The van der Waals surface area contributed by atoms with E-state index in [0.717, 1.165) is 23.7 Å². The highest BCUT2D eigenvalue weighted by molar-refractivity contribution is 7.99. The van der Waals surface area contributed by atoms with Gasteiger partial charge in [0.1, 0.15) is 0 Å². The van der Waals surface area contributed by atoms with Crippen LogP contribution in [0.3, 0.4) is 0 Å². The van der Waals surface area contributed by atoms with Gasteiger partial charge in [0.2, 0.25) is 5.91 Å². The fourth-order valence-corrected chi connectivity index (χ4v) is 5.27. The molecule has 2 atom stereocenters. The molecule has 0 saturated carbocycles. The van der Waals surface area contributed by atoms with Crippen LogP contribution in [0.5, 0.6) is 0 Å². The van der Waals surface area contributed by atoms with Crippen molar-refractivity contribution in [2.24, 2.45) is 0 Å². The van der Waals surface area contributed by atoms with Gasteiger partial charge in [-0.3, -0.25) is 4.79 Å². The number of thioether (sulfide) groups is 1. The quantitative estimate of drug-likeness (QED) is 0.770. The first-order chi connectivity index (χ1) is 10.6. The fraction of sp³-hybridized carbons (Fsp3) is 0.588. The van der Waals surface area contributed by atoms with Crippen molar-refractivity contribution >= 4 is 40.9 Å². The number of hydrogen-bond acceptors (Lipinski definition) is 2. The second-order valence-corrected chi connectivity index (χ2v) is 8.17. The van der Waals surface area contributed by atoms with E-state index in [-0.39, 0.29) is 5.91 Å². The van der Waals surface area contributed by atoms with E-state index in [4.69, 9.17) is 23.2 Å². The molecular weight excluding hydrogens is 337 g/mol. The van der Waals surface area contributed by atoms with Gasteiger partial charge in [0.05, 0.1) is 0 Å². The highest BCUT2D eigenvalue weighted by atomic mass is 35.5. The maximum absolute atomic E-state index is 12.7. The Morgan fingerprint density at radius 3 is 2.36 bits per heavy atom. The minimum atomic E-state index is 0.267. The molecule has 0 radical (unpaired) electrons. The zero-order valence-electron chi connectivity index (χ0n) is 12.7. The number of nitrogens with zero attached hydrogens (tertiary/aromatic N) is 1. The van der Waals surface area contributed by atoms with Gasteiger partial charge in [0.25, 0.3) is 0 Å². The molecule has 2 saturated heterocycles. The SMILES string of the molecule is CSC1CC2CCC(C1)N2C(=O)CCc1c(Cl)cccc1Cl. The van der Waals surface area contributed by atoms with E-state index in [1.807, 2.05) is 30.0 Å². The van der Waals surface area contributed by atoms with Gasteiger partial charge in [0, 0.05) is 33.8 Å². The van der Waals surface area contributed by atoms with Gasteiger partial charge in [-0.2, -0.15) is 11.8 Å². The largest absolute Gasteiger partial charge is 0.337 e. The molecule has 2 nitrogen and oxygen atoms in total. The maximum atomic E-state index is 12.7. The highest BCUT2D eigenvalue weighted by Crippen LogP contribution is 2.40. The van der Waals surface area contributed by atoms with Crippen molar-refractivity contribution in [1.29, 1.82) is 0 Å². The molecule has 3 rings (SSSR count). The zero-order valence-corrected chi connectivity index (χ0v) is 15.1. The molecule has 0 spiro atoms. The van der Waals surface area contributed by atoms with Gasteiger partial charge in [0.15, 0.2) is 0 Å². The molecule has 0 aromatic heterocycles. The van der Waals surface area contributed by atoms with Crippen LogP contribution < -0.4 is 0 Å². The standard InChI is InChI=1S/C17H21Cl2NOS/c1-22-13-9-11-5-6-12(10-13)20(11)17(21)8-7-14-15(18)3-2-4-16(14)19/h2-4,11-13H,5-10H2,1H3. The maximum Gasteiger partial charge on any atom is 0.223 e. The average molecular weight is 358 g/mol. The number of benzene rings is 1. The lowest BCUT2D eigenvalue weighted by molar-refractivity contribution is -0.135. The normalized spacial score (nSPS) is 27.2. The molecule has 2 fully saturated rings. The Morgan fingerprint density at radius 2 is 1.82 bits per heavy atom. The smallest absolute Gasteiger partial charge is 0.223 e. The van der Waals surface area contributed by atoms with Gasteiger partial charge in [-0.1, -0.05) is 29.3 Å². The number of piperidine rings is 1. The van der Waals surface area contributed by atoms with E-state index in [2.05, 4.69) is 11.2 Å². The lowest BCUT2D eigenvalue weighted by atomic mass is 10.0. The molecule has 1 aromatic carbocycles. The topological polar surface area (TPSA) is 20.3 Å². The summed E-state index contributed by atoms with van der Waals surface area (Å²) in [6, 6.07) is 6.40. The minimum absolute atomic E-state index is 0.267. The van der Waals surface area contributed by atoms with E-state index in [9.17, 15) is 4.79 Å². The molecule has 1 aromatic rings. The summed E-state index contributed by atoms with van der Waals surface area (Å²) in [6.07, 6.45) is 7.94. The first-order valence-corrected chi connectivity index (χ1v) is 9.91. The average Bonchev–Trinajstić information content (AvgIpc) is 2.77. The Balaban J connectivity index is 1.64. The fourth-order valence-electron chi connectivity index (χ4n) is 3.86. The van der Waals surface area contributed by atoms with Crippen molar-refractivity contribution in [1.82, 2.24) is 4.90 Å². The molecule has 2 aliphatic rings. The van der Waals surface area contributed by atoms with Crippen LogP contribution in [-0.2, 0) is 11.2 Å². The van der Waals surface area contributed by atoms with Crippen molar-refractivity contribution in [3.63, 3.8) is 0 Å². The van der Waals surface area contributed by atoms with Gasteiger partial charge in [-0.05, 0) is 56.1 Å². The van der Waals surface area contributed by atoms with Crippen LogP contribution in [0.25, 0.3) is 0 Å². The predicted octanol–water partition coefficient (Wildman–Crippen LogP) is 4.81. The molecule has 0 N–H and O–H groups in total. The predicted molar refractivity (Wildman–Crippen MR) is 95.0 cm³/mol. The van der Waals surface area contributed by atoms with Crippen LogP contribution >= 0.6 is 35.0 Å². The molecule has 2 bridgehead atoms. The van der Waals surface area contributed by atoms with Gasteiger partial charge in [-0.15, -0.1) is 0 Å². The summed E-state index contributed by atoms with van der Waals surface area (Å²) in [5.41, 5.74) is 0.894. The number of amides is 1. The number of hydrogen-bond donors (Lipinski definition) is 0. The van der Waals surface area contributed by atoms with Crippen molar-refractivity contribution in [2.75, 3.05) is 6.26 Å². The molecule has 2 unspecified atom stereocenters. The lowest BCUT2D eigenvalue weighted by Crippen LogP contribution is -2.47. The van der Waals surface area contributed by atoms with Crippen LogP contribution in [0.1, 0.15) is 37.7 Å². The Bertz CT molecular complexity index is 531. The molecule has 0 aliphatic carbocycles. The van der Waals surface area contributed by atoms with E-state index < -0.39 is 0 Å². The Labute approximate surface area is 146 Å². The van der Waals surface area contributed by atoms with Crippen LogP contribution in [0.15, 0.2) is 18.2 Å². The van der Waals surface area contributed by atoms with E-state index in [1.165, 1.54) is 12.8 Å². The summed E-state index contributed by atoms with van der Waals surface area (Å²) in [5, 5.41) is 2.04. The monoisotopic (exact) mass is 357 g/mol. The first kappa shape index (κ1) is 16.5. The Kier molecular flexibility index (Phi) is 5.26. The summed E-state index contributed by atoms with van der Waals surface area (Å²) >= 11 is 14.3. The summed E-state index contributed by atoms with van der Waals surface area (Å²) in [7, 11) is 0. The number of carbonyl (C=O) groups is 1. The van der Waals surface area contributed by atoms with Gasteiger partial charge >= 0.3 is 0 Å². The van der Waals surface area contributed by atoms with Crippen molar-refractivity contribution in [3.05, 3.63) is 33.8 Å². The lowest BCUT2D eigenvalue weighted by Gasteiger charge is -2.38. The second-order valence-electron chi connectivity index (χ2n) is 6.22. The van der Waals surface area contributed by atoms with Crippen LogP contribution in [0, 0.1) is 0 Å². The minimum Gasteiger partial charge on any atom is -0.337 e. The highest BCUT2D eigenvalue weighted by Gasteiger charge is 2.42. The Morgan fingerprint density at radius 1 is 1.23 bits per heavy atom.